The summed E-state index contributed by atoms with van der Waals surface area (Å²) < 4.78 is 0. The Balaban J connectivity index is 1.96. The van der Waals surface area contributed by atoms with Crippen LogP contribution in [0.15, 0.2) is 47.6 Å². The lowest BCUT2D eigenvalue weighted by atomic mass is 10.0. The van der Waals surface area contributed by atoms with Gasteiger partial charge in [-0.2, -0.15) is 0 Å². The van der Waals surface area contributed by atoms with Crippen molar-refractivity contribution in [3.05, 3.63) is 48.0 Å². The molecule has 0 bridgehead atoms. The minimum Gasteiger partial charge on any atom is -0.390 e. The average molecular weight is 226 g/mol. The van der Waals surface area contributed by atoms with Crippen LogP contribution in [0.5, 0.6) is 0 Å². The highest BCUT2D eigenvalue weighted by Gasteiger charge is 2.20. The molecule has 0 aromatic heterocycles. The highest BCUT2D eigenvalue weighted by atomic mass is 16.6. The Morgan fingerprint density at radius 3 is 2.76 bits per heavy atom. The molecule has 2 aromatic rings. The highest BCUT2D eigenvalue weighted by Crippen LogP contribution is 2.20. The van der Waals surface area contributed by atoms with Gasteiger partial charge in [-0.15, -0.1) is 0 Å². The molecule has 3 heteroatoms. The van der Waals surface area contributed by atoms with E-state index in [0.29, 0.717) is 6.54 Å². The van der Waals surface area contributed by atoms with Crippen LogP contribution in [-0.2, 0) is 4.84 Å². The van der Waals surface area contributed by atoms with Crippen LogP contribution in [0.3, 0.4) is 0 Å². The Morgan fingerprint density at radius 2 is 2.00 bits per heavy atom. The first-order valence-electron chi connectivity index (χ1n) is 5.79. The van der Waals surface area contributed by atoms with Gasteiger partial charge in [0.1, 0.15) is 6.10 Å². The number of oxime groups is 1. The molecule has 0 radical (unpaired) electrons. The maximum atomic E-state index is 5.57. The van der Waals surface area contributed by atoms with E-state index in [-0.39, 0.29) is 6.10 Å². The fourth-order valence-corrected chi connectivity index (χ4v) is 2.09. The van der Waals surface area contributed by atoms with Gasteiger partial charge in [0.25, 0.3) is 0 Å². The molecule has 2 N–H and O–H groups in total. The number of rotatable bonds is 2. The maximum absolute atomic E-state index is 5.57. The molecular weight excluding hydrogens is 212 g/mol. The van der Waals surface area contributed by atoms with Crippen LogP contribution in [0.25, 0.3) is 10.8 Å². The zero-order valence-electron chi connectivity index (χ0n) is 9.47. The number of benzene rings is 2. The van der Waals surface area contributed by atoms with Crippen LogP contribution in [0, 0.1) is 0 Å². The van der Waals surface area contributed by atoms with Crippen LogP contribution in [-0.4, -0.2) is 18.4 Å². The van der Waals surface area contributed by atoms with E-state index < -0.39 is 0 Å². The summed E-state index contributed by atoms with van der Waals surface area (Å²) in [5.74, 6) is 0. The summed E-state index contributed by atoms with van der Waals surface area (Å²) in [6, 6.07) is 14.7. The fourth-order valence-electron chi connectivity index (χ4n) is 2.09. The van der Waals surface area contributed by atoms with E-state index in [9.17, 15) is 0 Å². The van der Waals surface area contributed by atoms with E-state index in [4.69, 9.17) is 10.6 Å². The highest BCUT2D eigenvalue weighted by molar-refractivity contribution is 6.04. The molecule has 3 rings (SSSR count). The van der Waals surface area contributed by atoms with Gasteiger partial charge in [-0.1, -0.05) is 41.6 Å². The summed E-state index contributed by atoms with van der Waals surface area (Å²) in [5, 5.41) is 6.57. The normalized spacial score (nSPS) is 19.1. The molecule has 1 aliphatic rings. The SMILES string of the molecule is NCC1CC(c2ccc3ccccc3c2)=NO1. The molecule has 2 aromatic carbocycles. The first-order valence-corrected chi connectivity index (χ1v) is 5.79. The van der Waals surface area contributed by atoms with Gasteiger partial charge in [0.2, 0.25) is 0 Å². The molecule has 1 aliphatic heterocycles. The molecule has 0 saturated carbocycles. The lowest BCUT2D eigenvalue weighted by Crippen LogP contribution is -2.20. The lowest BCUT2D eigenvalue weighted by molar-refractivity contribution is 0.0918. The van der Waals surface area contributed by atoms with Crippen molar-refractivity contribution in [2.24, 2.45) is 10.9 Å². The molecule has 0 aliphatic carbocycles. The minimum absolute atomic E-state index is 0.0384. The summed E-state index contributed by atoms with van der Waals surface area (Å²) in [5.41, 5.74) is 7.68. The van der Waals surface area contributed by atoms with E-state index in [1.54, 1.807) is 0 Å². The van der Waals surface area contributed by atoms with Crippen LogP contribution in [0.4, 0.5) is 0 Å². The van der Waals surface area contributed by atoms with E-state index in [2.05, 4.69) is 35.5 Å². The van der Waals surface area contributed by atoms with Gasteiger partial charge < -0.3 is 10.6 Å². The zero-order chi connectivity index (χ0) is 11.7. The molecule has 1 unspecified atom stereocenters. The van der Waals surface area contributed by atoms with Gasteiger partial charge in [-0.25, -0.2) is 0 Å². The largest absolute Gasteiger partial charge is 0.390 e. The molecule has 86 valence electrons. The molecular formula is C14H14N2O. The second-order valence-electron chi connectivity index (χ2n) is 4.27. The fraction of sp³-hybridized carbons (Fsp3) is 0.214. The number of fused-ring (bicyclic) bond motifs is 1. The lowest BCUT2D eigenvalue weighted by Gasteiger charge is -2.03. The van der Waals surface area contributed by atoms with Crippen molar-refractivity contribution < 1.29 is 4.84 Å². The van der Waals surface area contributed by atoms with Crippen molar-refractivity contribution >= 4 is 16.5 Å². The second-order valence-corrected chi connectivity index (χ2v) is 4.27. The second kappa shape index (κ2) is 4.18. The van der Waals surface area contributed by atoms with Crippen molar-refractivity contribution in [3.8, 4) is 0 Å². The van der Waals surface area contributed by atoms with Gasteiger partial charge in [-0.3, -0.25) is 0 Å². The topological polar surface area (TPSA) is 47.6 Å². The predicted octanol–water partition coefficient (Wildman–Crippen LogP) is 2.29. The predicted molar refractivity (Wildman–Crippen MR) is 69.0 cm³/mol. The van der Waals surface area contributed by atoms with E-state index in [1.807, 2.05) is 12.1 Å². The molecule has 0 amide bonds. The van der Waals surface area contributed by atoms with E-state index in [1.165, 1.54) is 10.8 Å². The summed E-state index contributed by atoms with van der Waals surface area (Å²) in [7, 11) is 0. The zero-order valence-corrected chi connectivity index (χ0v) is 9.47. The van der Waals surface area contributed by atoms with Gasteiger partial charge in [0.15, 0.2) is 0 Å². The molecule has 1 heterocycles. The molecule has 3 nitrogen and oxygen atoms in total. The number of nitrogens with two attached hydrogens (primary N) is 1. The van der Waals surface area contributed by atoms with Crippen LogP contribution in [0.1, 0.15) is 12.0 Å². The Bertz CT molecular complexity index is 577. The van der Waals surface area contributed by atoms with E-state index in [0.717, 1.165) is 17.7 Å². The standard InChI is InChI=1S/C14H14N2O/c15-9-13-8-14(16-17-13)12-6-5-10-3-1-2-4-11(10)7-12/h1-7,13H,8-9,15H2. The number of hydrogen-bond donors (Lipinski definition) is 1. The Kier molecular flexibility index (Phi) is 2.53. The average Bonchev–Trinajstić information content (AvgIpc) is 2.87. The van der Waals surface area contributed by atoms with Crippen LogP contribution >= 0.6 is 0 Å². The molecule has 0 spiro atoms. The van der Waals surface area contributed by atoms with Gasteiger partial charge in [0, 0.05) is 18.5 Å². The van der Waals surface area contributed by atoms with Crippen molar-refractivity contribution in [2.75, 3.05) is 6.54 Å². The summed E-state index contributed by atoms with van der Waals surface area (Å²) in [4.78, 5) is 5.24. The maximum Gasteiger partial charge on any atom is 0.145 e. The summed E-state index contributed by atoms with van der Waals surface area (Å²) in [6.45, 7) is 0.514. The molecule has 17 heavy (non-hydrogen) atoms. The smallest absolute Gasteiger partial charge is 0.145 e. The van der Waals surface area contributed by atoms with Gasteiger partial charge >= 0.3 is 0 Å². The third-order valence-corrected chi connectivity index (χ3v) is 3.08. The van der Waals surface area contributed by atoms with Crippen molar-refractivity contribution in [3.63, 3.8) is 0 Å². The Labute approximate surface area is 99.9 Å². The van der Waals surface area contributed by atoms with Crippen molar-refractivity contribution in [2.45, 2.75) is 12.5 Å². The Hall–Kier alpha value is -1.87. The molecule has 0 fully saturated rings. The Morgan fingerprint density at radius 1 is 1.18 bits per heavy atom. The van der Waals surface area contributed by atoms with Crippen LogP contribution < -0.4 is 5.73 Å². The first kappa shape index (κ1) is 10.3. The third kappa shape index (κ3) is 1.89. The van der Waals surface area contributed by atoms with Crippen LogP contribution in [0.2, 0.25) is 0 Å². The summed E-state index contributed by atoms with van der Waals surface area (Å²) >= 11 is 0. The number of hydrogen-bond acceptors (Lipinski definition) is 3. The minimum atomic E-state index is 0.0384. The number of nitrogens with zero attached hydrogens (tertiary/aromatic N) is 1. The van der Waals surface area contributed by atoms with Gasteiger partial charge in [-0.05, 0) is 16.8 Å². The van der Waals surface area contributed by atoms with Crippen molar-refractivity contribution in [1.29, 1.82) is 0 Å². The van der Waals surface area contributed by atoms with E-state index >= 15 is 0 Å². The quantitative estimate of drug-likeness (QED) is 0.854. The first-order chi connectivity index (χ1) is 8.36. The van der Waals surface area contributed by atoms with Crippen molar-refractivity contribution in [1.82, 2.24) is 0 Å². The van der Waals surface area contributed by atoms with Gasteiger partial charge in [0.05, 0.1) is 5.71 Å². The third-order valence-electron chi connectivity index (χ3n) is 3.08. The summed E-state index contributed by atoms with van der Waals surface area (Å²) in [6.07, 6.45) is 0.839. The molecule has 0 saturated heterocycles. The molecule has 1 atom stereocenters. The monoisotopic (exact) mass is 226 g/mol.